The minimum atomic E-state index is -4.78. The van der Waals surface area contributed by atoms with Gasteiger partial charge in [-0.1, -0.05) is 13.8 Å². The number of carbonyl (C=O) groups is 4. The molecule has 216 valence electrons. The molecule has 0 saturated carbocycles. The molecule has 2 aromatic rings. The molecule has 1 N–H and O–H groups in total. The van der Waals surface area contributed by atoms with E-state index in [0.29, 0.717) is 23.2 Å². The highest BCUT2D eigenvalue weighted by molar-refractivity contribution is 7.09. The van der Waals surface area contributed by atoms with Gasteiger partial charge in [-0.3, -0.25) is 19.3 Å². The number of amides is 5. The lowest BCUT2D eigenvalue weighted by Gasteiger charge is -2.43. The lowest BCUT2D eigenvalue weighted by Crippen LogP contribution is -2.60. The summed E-state index contributed by atoms with van der Waals surface area (Å²) in [4.78, 5) is 60.8. The number of aryl methyl sites for hydroxylation is 1. The summed E-state index contributed by atoms with van der Waals surface area (Å²) in [6, 6.07) is -0.105. The third-order valence-corrected chi connectivity index (χ3v) is 8.31. The van der Waals surface area contributed by atoms with Crippen molar-refractivity contribution in [2.24, 2.45) is 5.92 Å². The molecule has 9 nitrogen and oxygen atoms in total. The Balaban J connectivity index is 1.50. The van der Waals surface area contributed by atoms with Gasteiger partial charge in [0.15, 0.2) is 0 Å². The Morgan fingerprint density at radius 2 is 1.82 bits per heavy atom. The molecule has 1 unspecified atom stereocenters. The lowest BCUT2D eigenvalue weighted by atomic mass is 9.85. The summed E-state index contributed by atoms with van der Waals surface area (Å²) in [6.07, 6.45) is -4.47. The number of halogens is 4. The van der Waals surface area contributed by atoms with Gasteiger partial charge in [0.25, 0.3) is 11.8 Å². The molecule has 0 aliphatic carbocycles. The number of carbonyl (C=O) groups excluding carboxylic acids is 4. The van der Waals surface area contributed by atoms with E-state index in [4.69, 9.17) is 0 Å². The van der Waals surface area contributed by atoms with Gasteiger partial charge in [0.1, 0.15) is 22.4 Å². The van der Waals surface area contributed by atoms with E-state index >= 15 is 0 Å². The third-order valence-electron chi connectivity index (χ3n) is 7.36. The van der Waals surface area contributed by atoms with Crippen molar-refractivity contribution in [3.05, 3.63) is 51.2 Å². The normalized spacial score (nSPS) is 18.2. The molecule has 40 heavy (non-hydrogen) atoms. The SMILES string of the molecule is Cc1csc(CN2C(=O)N(C)C(=O)C23CCN(C(=O)C(NC(=O)c2cc(C(F)(F)F)ccc2F)C(C)C)CC3)n1. The minimum absolute atomic E-state index is 0.0934. The highest BCUT2D eigenvalue weighted by atomic mass is 32.1. The Bertz CT molecular complexity index is 1340. The number of likely N-dealkylation sites (N-methyl/N-ethyl adjacent to an activating group) is 1. The Hall–Kier alpha value is -3.55. The Labute approximate surface area is 232 Å². The van der Waals surface area contributed by atoms with Crippen LogP contribution in [0.2, 0.25) is 0 Å². The number of rotatable bonds is 6. The van der Waals surface area contributed by atoms with E-state index in [0.717, 1.165) is 10.6 Å². The van der Waals surface area contributed by atoms with Crippen LogP contribution in [-0.4, -0.2) is 75.2 Å². The summed E-state index contributed by atoms with van der Waals surface area (Å²) in [6.45, 7) is 5.44. The van der Waals surface area contributed by atoms with Gasteiger partial charge in [-0.05, 0) is 43.9 Å². The molecule has 2 saturated heterocycles. The summed E-state index contributed by atoms with van der Waals surface area (Å²) >= 11 is 1.38. The van der Waals surface area contributed by atoms with Crippen LogP contribution < -0.4 is 5.32 Å². The zero-order chi connectivity index (χ0) is 29.6. The van der Waals surface area contributed by atoms with Crippen molar-refractivity contribution < 1.29 is 36.7 Å². The number of nitrogens with zero attached hydrogens (tertiary/aromatic N) is 4. The van der Waals surface area contributed by atoms with Gasteiger partial charge in [-0.2, -0.15) is 13.2 Å². The number of nitrogens with one attached hydrogen (secondary N) is 1. The second-order valence-corrected chi connectivity index (χ2v) is 11.3. The molecule has 1 atom stereocenters. The van der Waals surface area contributed by atoms with Crippen molar-refractivity contribution in [3.8, 4) is 0 Å². The number of benzene rings is 1. The minimum Gasteiger partial charge on any atom is -0.341 e. The third kappa shape index (κ3) is 5.40. The van der Waals surface area contributed by atoms with Crippen LogP contribution in [0.25, 0.3) is 0 Å². The van der Waals surface area contributed by atoms with E-state index < -0.39 is 58.5 Å². The fourth-order valence-corrected chi connectivity index (χ4v) is 5.85. The number of hydrogen-bond acceptors (Lipinski definition) is 6. The van der Waals surface area contributed by atoms with Gasteiger partial charge >= 0.3 is 12.2 Å². The molecule has 2 aliphatic rings. The fraction of sp³-hybridized carbons (Fsp3) is 0.500. The monoisotopic (exact) mass is 583 g/mol. The molecule has 14 heteroatoms. The number of alkyl halides is 3. The molecular weight excluding hydrogens is 554 g/mol. The van der Waals surface area contributed by atoms with E-state index in [2.05, 4.69) is 10.3 Å². The number of hydrogen-bond donors (Lipinski definition) is 1. The first-order valence-electron chi connectivity index (χ1n) is 12.6. The summed E-state index contributed by atoms with van der Waals surface area (Å²) < 4.78 is 53.6. The van der Waals surface area contributed by atoms with Crippen molar-refractivity contribution in [2.45, 2.75) is 57.9 Å². The van der Waals surface area contributed by atoms with E-state index in [9.17, 15) is 36.7 Å². The second-order valence-electron chi connectivity index (χ2n) is 10.4. The molecule has 0 bridgehead atoms. The van der Waals surface area contributed by atoms with Crippen LogP contribution >= 0.6 is 11.3 Å². The average Bonchev–Trinajstić information content (AvgIpc) is 3.38. The lowest BCUT2D eigenvalue weighted by molar-refractivity contribution is -0.142. The van der Waals surface area contributed by atoms with Crippen LogP contribution in [0.5, 0.6) is 0 Å². The van der Waals surface area contributed by atoms with E-state index in [1.54, 1.807) is 13.8 Å². The first kappa shape index (κ1) is 29.4. The molecule has 1 spiro atoms. The summed E-state index contributed by atoms with van der Waals surface area (Å²) in [5, 5.41) is 4.92. The van der Waals surface area contributed by atoms with Crippen molar-refractivity contribution >= 4 is 35.1 Å². The van der Waals surface area contributed by atoms with Gasteiger partial charge in [0.2, 0.25) is 5.91 Å². The molecule has 4 rings (SSSR count). The molecule has 1 aromatic heterocycles. The number of urea groups is 1. The van der Waals surface area contributed by atoms with Crippen LogP contribution in [-0.2, 0) is 22.3 Å². The molecule has 5 amide bonds. The largest absolute Gasteiger partial charge is 0.416 e. The standard InChI is InChI=1S/C26H29F4N5O4S/c1-14(2)20(32-21(36)17-11-16(26(28,29)30)5-6-18(17)27)22(37)34-9-7-25(8-10-34)23(38)33(4)24(39)35(25)12-19-31-15(3)13-40-19/h5-6,11,13-14,20H,7-10,12H2,1-4H3,(H,32,36). The Morgan fingerprint density at radius 3 is 2.38 bits per heavy atom. The van der Waals surface area contributed by atoms with Crippen molar-refractivity contribution in [3.63, 3.8) is 0 Å². The Morgan fingerprint density at radius 1 is 1.18 bits per heavy atom. The van der Waals surface area contributed by atoms with E-state index in [-0.39, 0.29) is 38.4 Å². The smallest absolute Gasteiger partial charge is 0.341 e. The molecule has 3 heterocycles. The van der Waals surface area contributed by atoms with Crippen LogP contribution in [0.15, 0.2) is 23.6 Å². The number of likely N-dealkylation sites (tertiary alicyclic amines) is 1. The van der Waals surface area contributed by atoms with Crippen molar-refractivity contribution in [1.29, 1.82) is 0 Å². The van der Waals surface area contributed by atoms with Crippen LogP contribution in [0.1, 0.15) is 53.3 Å². The van der Waals surface area contributed by atoms with E-state index in [1.165, 1.54) is 28.2 Å². The maximum Gasteiger partial charge on any atom is 0.416 e. The van der Waals surface area contributed by atoms with Gasteiger partial charge in [0, 0.05) is 31.2 Å². The van der Waals surface area contributed by atoms with Gasteiger partial charge in [0.05, 0.1) is 17.7 Å². The number of aromatic nitrogens is 1. The van der Waals surface area contributed by atoms with E-state index in [1.807, 2.05) is 12.3 Å². The maximum absolute atomic E-state index is 14.3. The topological polar surface area (TPSA) is 103 Å². The first-order chi connectivity index (χ1) is 18.7. The zero-order valence-electron chi connectivity index (χ0n) is 22.3. The Kier molecular flexibility index (Phi) is 7.94. The summed E-state index contributed by atoms with van der Waals surface area (Å²) in [7, 11) is 1.41. The fourth-order valence-electron chi connectivity index (χ4n) is 5.09. The summed E-state index contributed by atoms with van der Waals surface area (Å²) in [5.41, 5.74) is -2.37. The maximum atomic E-state index is 14.3. The molecule has 2 fully saturated rings. The number of imide groups is 1. The number of piperidine rings is 1. The predicted octanol–water partition coefficient (Wildman–Crippen LogP) is 3.82. The highest BCUT2D eigenvalue weighted by Crippen LogP contribution is 2.38. The highest BCUT2D eigenvalue weighted by Gasteiger charge is 2.57. The summed E-state index contributed by atoms with van der Waals surface area (Å²) in [5.74, 6) is -3.66. The van der Waals surface area contributed by atoms with Crippen LogP contribution in [0, 0.1) is 18.7 Å². The quantitative estimate of drug-likeness (QED) is 0.412. The molecule has 1 aromatic carbocycles. The first-order valence-corrected chi connectivity index (χ1v) is 13.5. The van der Waals surface area contributed by atoms with Gasteiger partial charge in [-0.15, -0.1) is 11.3 Å². The van der Waals surface area contributed by atoms with Gasteiger partial charge in [-0.25, -0.2) is 14.2 Å². The molecular formula is C26H29F4N5O4S. The van der Waals surface area contributed by atoms with Crippen LogP contribution in [0.3, 0.4) is 0 Å². The van der Waals surface area contributed by atoms with Gasteiger partial charge < -0.3 is 15.1 Å². The second kappa shape index (κ2) is 10.8. The van der Waals surface area contributed by atoms with Crippen molar-refractivity contribution in [2.75, 3.05) is 20.1 Å². The predicted molar refractivity (Wildman–Crippen MR) is 137 cm³/mol. The molecule has 0 radical (unpaired) electrons. The number of thiazole rings is 1. The average molecular weight is 584 g/mol. The van der Waals surface area contributed by atoms with Crippen LogP contribution in [0.4, 0.5) is 22.4 Å². The van der Waals surface area contributed by atoms with Crippen molar-refractivity contribution in [1.82, 2.24) is 25.0 Å². The zero-order valence-corrected chi connectivity index (χ0v) is 23.2. The molecule has 2 aliphatic heterocycles.